The molecule has 0 amide bonds. The molecule has 0 aliphatic heterocycles. The molecule has 2 atom stereocenters. The molecule has 13 heavy (non-hydrogen) atoms. The summed E-state index contributed by atoms with van der Waals surface area (Å²) in [4.78, 5) is 4.11. The molecule has 1 N–H and O–H groups in total. The van der Waals surface area contributed by atoms with Crippen molar-refractivity contribution in [2.75, 3.05) is 17.3 Å². The van der Waals surface area contributed by atoms with Gasteiger partial charge in [-0.05, 0) is 13.3 Å². The van der Waals surface area contributed by atoms with Crippen molar-refractivity contribution in [2.45, 2.75) is 19.4 Å². The van der Waals surface area contributed by atoms with E-state index in [2.05, 4.69) is 17.2 Å². The molecule has 0 spiro atoms. The molecular formula is C8H14N2OS2. The van der Waals surface area contributed by atoms with Gasteiger partial charge < -0.3 is 5.32 Å². The van der Waals surface area contributed by atoms with Crippen LogP contribution >= 0.6 is 11.3 Å². The molecule has 1 rings (SSSR count). The van der Waals surface area contributed by atoms with Crippen LogP contribution in [-0.4, -0.2) is 27.2 Å². The third-order valence-electron chi connectivity index (χ3n) is 1.64. The van der Waals surface area contributed by atoms with Crippen LogP contribution in [0.15, 0.2) is 11.6 Å². The Morgan fingerprint density at radius 3 is 3.08 bits per heavy atom. The van der Waals surface area contributed by atoms with Crippen molar-refractivity contribution < 1.29 is 4.21 Å². The number of hydrogen-bond donors (Lipinski definition) is 1. The molecule has 2 unspecified atom stereocenters. The van der Waals surface area contributed by atoms with Crippen molar-refractivity contribution in [3.8, 4) is 0 Å². The molecule has 1 heterocycles. The molecule has 3 nitrogen and oxygen atoms in total. The number of nitrogens with one attached hydrogen (secondary N) is 1. The fraction of sp³-hybridized carbons (Fsp3) is 0.625. The van der Waals surface area contributed by atoms with Crippen LogP contribution in [0.2, 0.25) is 0 Å². The molecule has 0 radical (unpaired) electrons. The molecule has 0 fully saturated rings. The lowest BCUT2D eigenvalue weighted by atomic mass is 10.3. The molecule has 0 bridgehead atoms. The molecule has 0 aromatic carbocycles. The highest BCUT2D eigenvalue weighted by atomic mass is 32.2. The zero-order chi connectivity index (χ0) is 9.68. The first-order chi connectivity index (χ1) is 6.18. The first kappa shape index (κ1) is 10.7. The molecular weight excluding hydrogens is 204 g/mol. The monoisotopic (exact) mass is 218 g/mol. The van der Waals surface area contributed by atoms with Crippen LogP contribution in [0.1, 0.15) is 13.3 Å². The Labute approximate surface area is 85.0 Å². The van der Waals surface area contributed by atoms with E-state index in [1.54, 1.807) is 23.8 Å². The van der Waals surface area contributed by atoms with Gasteiger partial charge in [-0.3, -0.25) is 4.21 Å². The van der Waals surface area contributed by atoms with Gasteiger partial charge in [0.15, 0.2) is 5.13 Å². The van der Waals surface area contributed by atoms with Crippen LogP contribution in [0.4, 0.5) is 5.13 Å². The van der Waals surface area contributed by atoms with Crippen LogP contribution in [0.5, 0.6) is 0 Å². The van der Waals surface area contributed by atoms with E-state index in [4.69, 9.17) is 0 Å². The lowest BCUT2D eigenvalue weighted by Crippen LogP contribution is -2.17. The average Bonchev–Trinajstić information content (AvgIpc) is 2.53. The lowest BCUT2D eigenvalue weighted by Gasteiger charge is -2.11. The minimum atomic E-state index is -0.692. The van der Waals surface area contributed by atoms with Gasteiger partial charge >= 0.3 is 0 Å². The second-order valence-corrected chi connectivity index (χ2v) is 5.40. The second-order valence-electron chi connectivity index (χ2n) is 2.95. The predicted molar refractivity (Wildman–Crippen MR) is 58.7 cm³/mol. The van der Waals surface area contributed by atoms with Crippen molar-refractivity contribution in [3.63, 3.8) is 0 Å². The van der Waals surface area contributed by atoms with Crippen molar-refractivity contribution in [2.24, 2.45) is 0 Å². The van der Waals surface area contributed by atoms with Crippen LogP contribution in [0.3, 0.4) is 0 Å². The van der Waals surface area contributed by atoms with Crippen LogP contribution in [0, 0.1) is 0 Å². The van der Waals surface area contributed by atoms with Gasteiger partial charge in [-0.2, -0.15) is 0 Å². The maximum atomic E-state index is 10.8. The first-order valence-corrected chi connectivity index (χ1v) is 6.75. The Balaban J connectivity index is 2.25. The first-order valence-electron chi connectivity index (χ1n) is 4.14. The van der Waals surface area contributed by atoms with Crippen molar-refractivity contribution >= 4 is 27.3 Å². The average molecular weight is 218 g/mol. The van der Waals surface area contributed by atoms with E-state index in [-0.39, 0.29) is 0 Å². The summed E-state index contributed by atoms with van der Waals surface area (Å²) in [6, 6.07) is 0.343. The Kier molecular flexibility index (Phi) is 4.38. The highest BCUT2D eigenvalue weighted by molar-refractivity contribution is 7.84. The van der Waals surface area contributed by atoms with E-state index in [1.807, 2.05) is 5.38 Å². The van der Waals surface area contributed by atoms with Gasteiger partial charge in [0.2, 0.25) is 0 Å². The Hall–Kier alpha value is -0.420. The molecule has 0 saturated carbocycles. The topological polar surface area (TPSA) is 42.0 Å². The fourth-order valence-corrected chi connectivity index (χ4v) is 2.25. The molecule has 74 valence electrons. The maximum absolute atomic E-state index is 10.8. The van der Waals surface area contributed by atoms with E-state index >= 15 is 0 Å². The third kappa shape index (κ3) is 4.38. The number of nitrogens with zero attached hydrogens (tertiary/aromatic N) is 1. The normalized spacial score (nSPS) is 15.2. The van der Waals surface area contributed by atoms with Crippen molar-refractivity contribution in [1.29, 1.82) is 0 Å². The summed E-state index contributed by atoms with van der Waals surface area (Å²) < 4.78 is 10.8. The summed E-state index contributed by atoms with van der Waals surface area (Å²) >= 11 is 1.59. The van der Waals surface area contributed by atoms with E-state index in [1.165, 1.54) is 0 Å². The summed E-state index contributed by atoms with van der Waals surface area (Å²) in [5.41, 5.74) is 0. The number of rotatable bonds is 5. The quantitative estimate of drug-likeness (QED) is 0.818. The zero-order valence-electron chi connectivity index (χ0n) is 7.82. The van der Waals surface area contributed by atoms with Gasteiger partial charge in [-0.25, -0.2) is 4.98 Å². The fourth-order valence-electron chi connectivity index (χ4n) is 0.920. The standard InChI is InChI=1S/C8H14N2OS2/c1-7(3-6-13(2)11)10-8-9-4-5-12-8/h4-5,7H,3,6H2,1-2H3,(H,9,10). The largest absolute Gasteiger partial charge is 0.359 e. The highest BCUT2D eigenvalue weighted by Crippen LogP contribution is 2.12. The molecule has 0 aliphatic rings. The van der Waals surface area contributed by atoms with Crippen LogP contribution in [-0.2, 0) is 10.8 Å². The smallest absolute Gasteiger partial charge is 0.182 e. The highest BCUT2D eigenvalue weighted by Gasteiger charge is 2.03. The minimum absolute atomic E-state index is 0.343. The SMILES string of the molecule is CC(CCS(C)=O)Nc1nccs1. The van der Waals surface area contributed by atoms with Gasteiger partial charge in [-0.15, -0.1) is 11.3 Å². The number of anilines is 1. The summed E-state index contributed by atoms with van der Waals surface area (Å²) in [7, 11) is -0.692. The maximum Gasteiger partial charge on any atom is 0.182 e. The number of aromatic nitrogens is 1. The summed E-state index contributed by atoms with van der Waals surface area (Å²) in [6.07, 6.45) is 4.43. The van der Waals surface area contributed by atoms with Gasteiger partial charge in [0, 0.05) is 40.4 Å². The van der Waals surface area contributed by atoms with E-state index in [0.717, 1.165) is 17.3 Å². The van der Waals surface area contributed by atoms with Crippen molar-refractivity contribution in [3.05, 3.63) is 11.6 Å². The van der Waals surface area contributed by atoms with Crippen LogP contribution in [0.25, 0.3) is 0 Å². The summed E-state index contributed by atoms with van der Waals surface area (Å²) in [6.45, 7) is 2.08. The van der Waals surface area contributed by atoms with E-state index < -0.39 is 10.8 Å². The lowest BCUT2D eigenvalue weighted by molar-refractivity contribution is 0.678. The Bertz CT molecular complexity index is 261. The second kappa shape index (κ2) is 5.34. The summed E-state index contributed by atoms with van der Waals surface area (Å²) in [5.74, 6) is 0.750. The Morgan fingerprint density at radius 2 is 2.54 bits per heavy atom. The minimum Gasteiger partial charge on any atom is -0.359 e. The zero-order valence-corrected chi connectivity index (χ0v) is 9.45. The summed E-state index contributed by atoms with van der Waals surface area (Å²) in [5, 5.41) is 6.13. The molecule has 1 aromatic heterocycles. The van der Waals surface area contributed by atoms with E-state index in [9.17, 15) is 4.21 Å². The van der Waals surface area contributed by atoms with Gasteiger partial charge in [0.05, 0.1) is 0 Å². The third-order valence-corrected chi connectivity index (χ3v) is 3.16. The number of hydrogen-bond acceptors (Lipinski definition) is 4. The predicted octanol–water partition coefficient (Wildman–Crippen LogP) is 1.71. The molecule has 1 aromatic rings. The molecule has 0 aliphatic carbocycles. The van der Waals surface area contributed by atoms with Crippen LogP contribution < -0.4 is 5.32 Å². The molecule has 0 saturated heterocycles. The van der Waals surface area contributed by atoms with Gasteiger partial charge in [-0.1, -0.05) is 0 Å². The van der Waals surface area contributed by atoms with Crippen molar-refractivity contribution in [1.82, 2.24) is 4.98 Å². The van der Waals surface area contributed by atoms with Gasteiger partial charge in [0.1, 0.15) is 0 Å². The Morgan fingerprint density at radius 1 is 1.77 bits per heavy atom. The van der Waals surface area contributed by atoms with E-state index in [0.29, 0.717) is 6.04 Å². The van der Waals surface area contributed by atoms with Gasteiger partial charge in [0.25, 0.3) is 0 Å². The number of thiazole rings is 1. The molecule has 5 heteroatoms.